The third-order valence-electron chi connectivity index (χ3n) is 3.76. The number of hydrogen-bond acceptors (Lipinski definition) is 4. The average Bonchev–Trinajstić information content (AvgIpc) is 3.03. The van der Waals surface area contributed by atoms with Crippen molar-refractivity contribution in [2.75, 3.05) is 5.32 Å². The summed E-state index contributed by atoms with van der Waals surface area (Å²) in [4.78, 5) is 0. The number of anilines is 1. The maximum Gasteiger partial charge on any atom is 0.248 e. The molecule has 0 spiro atoms. The van der Waals surface area contributed by atoms with Crippen molar-refractivity contribution in [1.29, 1.82) is 0 Å². The smallest absolute Gasteiger partial charge is 0.248 e. The summed E-state index contributed by atoms with van der Waals surface area (Å²) in [5, 5.41) is 16.9. The molecule has 0 unspecified atom stereocenters. The number of fused-ring (bicyclic) bond motifs is 1. The summed E-state index contributed by atoms with van der Waals surface area (Å²) in [6.45, 7) is 0. The quantitative estimate of drug-likeness (QED) is 0.703. The van der Waals surface area contributed by atoms with Gasteiger partial charge in [0.05, 0.1) is 0 Å². The van der Waals surface area contributed by atoms with Crippen LogP contribution in [0.25, 0.3) is 5.70 Å². The first kappa shape index (κ1) is 15.4. The Morgan fingerprint density at radius 3 is 2.46 bits per heavy atom. The summed E-state index contributed by atoms with van der Waals surface area (Å²) in [6.07, 6.45) is 2.02. The number of tetrazole rings is 1. The van der Waals surface area contributed by atoms with Gasteiger partial charge in [0.1, 0.15) is 6.04 Å². The second kappa shape index (κ2) is 6.09. The Labute approximate surface area is 152 Å². The van der Waals surface area contributed by atoms with E-state index in [2.05, 4.69) is 20.8 Å². The molecule has 0 saturated heterocycles. The minimum atomic E-state index is -0.244. The Balaban J connectivity index is 1.83. The molecule has 0 radical (unpaired) electrons. The second-order valence-corrected chi connectivity index (χ2v) is 6.55. The molecule has 4 rings (SSSR count). The maximum atomic E-state index is 6.38. The number of nitrogens with one attached hydrogen (secondary N) is 1. The molecule has 1 aliphatic rings. The summed E-state index contributed by atoms with van der Waals surface area (Å²) in [5.41, 5.74) is 2.72. The Kier molecular flexibility index (Phi) is 3.92. The Morgan fingerprint density at radius 1 is 0.958 bits per heavy atom. The zero-order valence-corrected chi connectivity index (χ0v) is 14.4. The van der Waals surface area contributed by atoms with E-state index >= 15 is 0 Å². The average molecular weight is 379 g/mol. The number of halogens is 3. The SMILES string of the molecule is Clc1ccc(C2=C[C@H](c3ccc(Cl)cc3Cl)n3nnnc3N2)cc1. The van der Waals surface area contributed by atoms with E-state index in [4.69, 9.17) is 34.8 Å². The van der Waals surface area contributed by atoms with Gasteiger partial charge < -0.3 is 5.32 Å². The molecule has 2 heterocycles. The number of benzene rings is 2. The van der Waals surface area contributed by atoms with Crippen LogP contribution in [-0.2, 0) is 0 Å². The van der Waals surface area contributed by atoms with Crippen molar-refractivity contribution < 1.29 is 0 Å². The van der Waals surface area contributed by atoms with E-state index in [-0.39, 0.29) is 6.04 Å². The highest BCUT2D eigenvalue weighted by molar-refractivity contribution is 6.35. The molecule has 1 aliphatic heterocycles. The van der Waals surface area contributed by atoms with Gasteiger partial charge in [-0.3, -0.25) is 0 Å². The second-order valence-electron chi connectivity index (χ2n) is 5.27. The van der Waals surface area contributed by atoms with E-state index in [1.807, 2.05) is 36.4 Å². The normalized spacial score (nSPS) is 16.3. The van der Waals surface area contributed by atoms with Gasteiger partial charge in [0.2, 0.25) is 5.95 Å². The molecule has 0 fully saturated rings. The molecule has 120 valence electrons. The lowest BCUT2D eigenvalue weighted by molar-refractivity contribution is 0.586. The van der Waals surface area contributed by atoms with Gasteiger partial charge in [-0.2, -0.15) is 4.68 Å². The molecule has 0 amide bonds. The van der Waals surface area contributed by atoms with Gasteiger partial charge in [-0.05, 0) is 51.9 Å². The first-order chi connectivity index (χ1) is 11.6. The largest absolute Gasteiger partial charge is 0.323 e. The molecule has 2 aromatic carbocycles. The minimum absolute atomic E-state index is 0.244. The summed E-state index contributed by atoms with van der Waals surface area (Å²) in [7, 11) is 0. The fourth-order valence-electron chi connectivity index (χ4n) is 2.61. The molecule has 1 aromatic heterocycles. The molecule has 24 heavy (non-hydrogen) atoms. The van der Waals surface area contributed by atoms with Crippen molar-refractivity contribution in [1.82, 2.24) is 20.2 Å². The number of rotatable bonds is 2. The molecule has 1 N–H and O–H groups in total. The molecule has 0 aliphatic carbocycles. The molecule has 8 heteroatoms. The van der Waals surface area contributed by atoms with Crippen LogP contribution >= 0.6 is 34.8 Å². The molecular weight excluding hydrogens is 369 g/mol. The van der Waals surface area contributed by atoms with Crippen LogP contribution in [-0.4, -0.2) is 20.2 Å². The van der Waals surface area contributed by atoms with Crippen molar-refractivity contribution in [3.63, 3.8) is 0 Å². The molecule has 1 atom stereocenters. The lowest BCUT2D eigenvalue weighted by Gasteiger charge is -2.24. The highest BCUT2D eigenvalue weighted by Crippen LogP contribution is 2.35. The number of aromatic nitrogens is 4. The number of allylic oxidation sites excluding steroid dienone is 1. The Morgan fingerprint density at radius 2 is 1.71 bits per heavy atom. The van der Waals surface area contributed by atoms with E-state index in [0.29, 0.717) is 21.0 Å². The minimum Gasteiger partial charge on any atom is -0.323 e. The summed E-state index contributed by atoms with van der Waals surface area (Å²) < 4.78 is 1.68. The predicted molar refractivity (Wildman–Crippen MR) is 95.5 cm³/mol. The van der Waals surface area contributed by atoms with E-state index < -0.39 is 0 Å². The van der Waals surface area contributed by atoms with Gasteiger partial charge >= 0.3 is 0 Å². The van der Waals surface area contributed by atoms with Crippen LogP contribution in [0.5, 0.6) is 0 Å². The number of nitrogens with zero attached hydrogens (tertiary/aromatic N) is 4. The predicted octanol–water partition coefficient (Wildman–Crippen LogP) is 4.69. The maximum absolute atomic E-state index is 6.38. The Bertz CT molecular complexity index is 933. The first-order valence-corrected chi connectivity index (χ1v) is 8.23. The number of hydrogen-bond donors (Lipinski definition) is 1. The van der Waals surface area contributed by atoms with Crippen molar-refractivity contribution in [3.05, 3.63) is 74.7 Å². The van der Waals surface area contributed by atoms with Crippen LogP contribution in [0, 0.1) is 0 Å². The first-order valence-electron chi connectivity index (χ1n) is 7.09. The van der Waals surface area contributed by atoms with Crippen molar-refractivity contribution in [2.24, 2.45) is 0 Å². The summed E-state index contributed by atoms with van der Waals surface area (Å²) in [6, 6.07) is 12.7. The van der Waals surface area contributed by atoms with E-state index in [0.717, 1.165) is 16.8 Å². The summed E-state index contributed by atoms with van der Waals surface area (Å²) in [5.74, 6) is 0.540. The highest BCUT2D eigenvalue weighted by atomic mass is 35.5. The van der Waals surface area contributed by atoms with Crippen LogP contribution < -0.4 is 5.32 Å². The standard InChI is InChI=1S/C16H10Cl3N5/c17-10-3-1-9(2-4-10)14-8-15(24-16(20-14)21-22-23-24)12-6-5-11(18)7-13(12)19/h1-8,15H,(H,20,21,23)/t15-/m1/s1. The fourth-order valence-corrected chi connectivity index (χ4v) is 3.26. The lowest BCUT2D eigenvalue weighted by Crippen LogP contribution is -2.20. The monoisotopic (exact) mass is 377 g/mol. The van der Waals surface area contributed by atoms with Gasteiger partial charge in [-0.15, -0.1) is 0 Å². The van der Waals surface area contributed by atoms with Gasteiger partial charge in [0.25, 0.3) is 0 Å². The molecule has 0 bridgehead atoms. The summed E-state index contributed by atoms with van der Waals surface area (Å²) >= 11 is 18.3. The molecule has 5 nitrogen and oxygen atoms in total. The zero-order valence-electron chi connectivity index (χ0n) is 12.1. The van der Waals surface area contributed by atoms with Gasteiger partial charge in [0.15, 0.2) is 0 Å². The van der Waals surface area contributed by atoms with Crippen molar-refractivity contribution in [2.45, 2.75) is 6.04 Å². The van der Waals surface area contributed by atoms with E-state index in [1.54, 1.807) is 16.8 Å². The third kappa shape index (κ3) is 2.75. The topological polar surface area (TPSA) is 55.6 Å². The van der Waals surface area contributed by atoms with Crippen LogP contribution in [0.15, 0.2) is 48.5 Å². The lowest BCUT2D eigenvalue weighted by atomic mass is 10.0. The van der Waals surface area contributed by atoms with Gasteiger partial charge in [-0.25, -0.2) is 0 Å². The third-order valence-corrected chi connectivity index (χ3v) is 4.58. The molecule has 0 saturated carbocycles. The Hall–Kier alpha value is -2.08. The van der Waals surface area contributed by atoms with Crippen molar-refractivity contribution in [3.8, 4) is 0 Å². The molecular formula is C16H10Cl3N5. The van der Waals surface area contributed by atoms with Crippen LogP contribution in [0.3, 0.4) is 0 Å². The van der Waals surface area contributed by atoms with Crippen molar-refractivity contribution >= 4 is 46.4 Å². The molecule has 3 aromatic rings. The van der Waals surface area contributed by atoms with Crippen LogP contribution in [0.4, 0.5) is 5.95 Å². The van der Waals surface area contributed by atoms with Gasteiger partial charge in [-0.1, -0.05) is 58.1 Å². The van der Waals surface area contributed by atoms with E-state index in [9.17, 15) is 0 Å². The van der Waals surface area contributed by atoms with Gasteiger partial charge in [0, 0.05) is 20.8 Å². The fraction of sp³-hybridized carbons (Fsp3) is 0.0625. The highest BCUT2D eigenvalue weighted by Gasteiger charge is 2.25. The van der Waals surface area contributed by atoms with Crippen LogP contribution in [0.1, 0.15) is 17.2 Å². The van der Waals surface area contributed by atoms with E-state index in [1.165, 1.54) is 0 Å². The zero-order chi connectivity index (χ0) is 16.7. The van der Waals surface area contributed by atoms with Crippen LogP contribution in [0.2, 0.25) is 15.1 Å².